The summed E-state index contributed by atoms with van der Waals surface area (Å²) in [4.78, 5) is 12.0. The van der Waals surface area contributed by atoms with E-state index in [1.54, 1.807) is 30.5 Å². The fraction of sp³-hybridized carbons (Fsp3) is 0.524. The van der Waals surface area contributed by atoms with Gasteiger partial charge in [-0.1, -0.05) is 12.1 Å². The lowest BCUT2D eigenvalue weighted by Crippen LogP contribution is -2.44. The van der Waals surface area contributed by atoms with Gasteiger partial charge in [0.15, 0.2) is 5.96 Å². The highest BCUT2D eigenvalue weighted by atomic mass is 127. The number of likely N-dealkylation sites (tertiary alicyclic amines) is 1. The molecule has 0 radical (unpaired) electrons. The number of aryl methyl sites for hydroxylation is 1. The van der Waals surface area contributed by atoms with E-state index < -0.39 is 11.7 Å². The number of guanidine groups is 1. The first-order chi connectivity index (χ1) is 14.3. The second-order valence-corrected chi connectivity index (χ2v) is 8.94. The van der Waals surface area contributed by atoms with E-state index in [1.165, 1.54) is 17.0 Å². The van der Waals surface area contributed by atoms with Crippen molar-refractivity contribution in [3.05, 3.63) is 51.5 Å². The Hall–Kier alpha value is -1.40. The molecule has 5 nitrogen and oxygen atoms in total. The molecule has 0 spiro atoms. The molecule has 2 N–H and O–H groups in total. The van der Waals surface area contributed by atoms with Crippen LogP contribution in [-0.4, -0.2) is 43.0 Å². The molecule has 31 heavy (non-hydrogen) atoms. The van der Waals surface area contributed by atoms with Crippen molar-refractivity contribution >= 4 is 41.3 Å². The molecule has 0 aliphatic carbocycles. The van der Waals surface area contributed by atoms with Crippen molar-refractivity contribution < 1.29 is 13.2 Å². The molecule has 0 amide bonds. The van der Waals surface area contributed by atoms with E-state index in [9.17, 15) is 13.2 Å². The minimum Gasteiger partial charge on any atom is -0.356 e. The normalized spacial score (nSPS) is 20.3. The number of nitrogens with one attached hydrogen (secondary N) is 2. The molecule has 1 saturated heterocycles. The second kappa shape index (κ2) is 11.5. The van der Waals surface area contributed by atoms with Gasteiger partial charge in [0, 0.05) is 30.7 Å². The fourth-order valence-electron chi connectivity index (χ4n) is 3.96. The van der Waals surface area contributed by atoms with Crippen LogP contribution in [-0.2, 0) is 12.7 Å². The third kappa shape index (κ3) is 7.04. The summed E-state index contributed by atoms with van der Waals surface area (Å²) in [5.74, 6) is 0.961. The van der Waals surface area contributed by atoms with Gasteiger partial charge in [0.05, 0.1) is 12.1 Å². The zero-order chi connectivity index (χ0) is 21.7. The zero-order valence-electron chi connectivity index (χ0n) is 17.9. The van der Waals surface area contributed by atoms with Crippen molar-refractivity contribution in [1.29, 1.82) is 0 Å². The quantitative estimate of drug-likeness (QED) is 0.309. The van der Waals surface area contributed by atoms with Crippen LogP contribution >= 0.6 is 35.3 Å². The van der Waals surface area contributed by atoms with Crippen LogP contribution in [0.1, 0.15) is 39.9 Å². The van der Waals surface area contributed by atoms with Gasteiger partial charge in [0.25, 0.3) is 0 Å². The highest BCUT2D eigenvalue weighted by Crippen LogP contribution is 2.36. The van der Waals surface area contributed by atoms with Gasteiger partial charge in [-0.15, -0.1) is 35.3 Å². The predicted molar refractivity (Wildman–Crippen MR) is 130 cm³/mol. The average molecular weight is 567 g/mol. The Kier molecular flexibility index (Phi) is 9.56. The topological polar surface area (TPSA) is 52.6 Å². The summed E-state index contributed by atoms with van der Waals surface area (Å²) >= 11 is 1.64. The molecule has 172 valence electrons. The maximum atomic E-state index is 12.9. The SMILES string of the molecule is CN=C(NCc1ncc(C)s1)NCC1CCCN(C)C1c1ccc(C(F)(F)F)cc1.I. The van der Waals surface area contributed by atoms with Gasteiger partial charge in [0.2, 0.25) is 0 Å². The van der Waals surface area contributed by atoms with Gasteiger partial charge in [-0.25, -0.2) is 4.98 Å². The number of nitrogens with zero attached hydrogens (tertiary/aromatic N) is 3. The molecule has 1 aliphatic heterocycles. The summed E-state index contributed by atoms with van der Waals surface area (Å²) in [5, 5.41) is 7.65. The van der Waals surface area contributed by atoms with Crippen molar-refractivity contribution in [1.82, 2.24) is 20.5 Å². The standard InChI is InChI=1S/C21H28F3N5S.HI/c1-14-11-26-18(30-14)13-28-20(25-2)27-12-16-5-4-10-29(3)19(16)15-6-8-17(9-7-15)21(22,23)24;/h6-9,11,16,19H,4-5,10,12-13H2,1-3H3,(H2,25,27,28);1H. The number of aliphatic imine (C=N–C) groups is 1. The van der Waals surface area contributed by atoms with Crippen LogP contribution in [0.2, 0.25) is 0 Å². The summed E-state index contributed by atoms with van der Waals surface area (Å²) in [6, 6.07) is 5.64. The van der Waals surface area contributed by atoms with Crippen molar-refractivity contribution in [2.45, 2.75) is 38.5 Å². The third-order valence-electron chi connectivity index (χ3n) is 5.42. The van der Waals surface area contributed by atoms with Crippen molar-refractivity contribution in [2.75, 3.05) is 27.2 Å². The molecule has 0 saturated carbocycles. The average Bonchev–Trinajstić information content (AvgIpc) is 3.13. The molecule has 1 fully saturated rings. The van der Waals surface area contributed by atoms with Gasteiger partial charge >= 0.3 is 6.18 Å². The summed E-state index contributed by atoms with van der Waals surface area (Å²) in [6.45, 7) is 4.24. The number of aromatic nitrogens is 1. The number of hydrogen-bond donors (Lipinski definition) is 2. The molecule has 1 aromatic heterocycles. The molecule has 3 rings (SSSR count). The van der Waals surface area contributed by atoms with Gasteiger partial charge in [-0.3, -0.25) is 9.89 Å². The lowest BCUT2D eigenvalue weighted by Gasteiger charge is -2.40. The number of piperidine rings is 1. The van der Waals surface area contributed by atoms with E-state index in [0.29, 0.717) is 19.0 Å². The van der Waals surface area contributed by atoms with Gasteiger partial charge in [-0.05, 0) is 57.0 Å². The molecular weight excluding hydrogens is 538 g/mol. The molecular formula is C21H29F3IN5S. The van der Waals surface area contributed by atoms with E-state index in [4.69, 9.17) is 0 Å². The number of hydrogen-bond acceptors (Lipinski definition) is 4. The maximum Gasteiger partial charge on any atom is 0.416 e. The first kappa shape index (κ1) is 25.9. The van der Waals surface area contributed by atoms with E-state index in [1.807, 2.05) is 20.2 Å². The minimum absolute atomic E-state index is 0. The summed E-state index contributed by atoms with van der Waals surface area (Å²) in [7, 11) is 3.76. The Morgan fingerprint density at radius 2 is 1.97 bits per heavy atom. The van der Waals surface area contributed by atoms with E-state index in [0.717, 1.165) is 30.0 Å². The monoisotopic (exact) mass is 567 g/mol. The fourth-order valence-corrected chi connectivity index (χ4v) is 4.69. The number of benzene rings is 1. The highest BCUT2D eigenvalue weighted by Gasteiger charge is 2.33. The third-order valence-corrected chi connectivity index (χ3v) is 6.33. The van der Waals surface area contributed by atoms with Crippen molar-refractivity contribution in [3.8, 4) is 0 Å². The Labute approximate surface area is 202 Å². The highest BCUT2D eigenvalue weighted by molar-refractivity contribution is 14.0. The molecule has 2 heterocycles. The first-order valence-corrected chi connectivity index (χ1v) is 10.8. The Morgan fingerprint density at radius 1 is 1.26 bits per heavy atom. The van der Waals surface area contributed by atoms with Crippen LogP contribution in [0, 0.1) is 12.8 Å². The van der Waals surface area contributed by atoms with Crippen LogP contribution in [0.25, 0.3) is 0 Å². The van der Waals surface area contributed by atoms with Gasteiger partial charge in [0.1, 0.15) is 5.01 Å². The molecule has 1 aromatic carbocycles. The van der Waals surface area contributed by atoms with E-state index in [-0.39, 0.29) is 35.9 Å². The Morgan fingerprint density at radius 3 is 2.55 bits per heavy atom. The van der Waals surface area contributed by atoms with Crippen LogP contribution < -0.4 is 10.6 Å². The van der Waals surface area contributed by atoms with Crippen LogP contribution in [0.15, 0.2) is 35.5 Å². The molecule has 0 bridgehead atoms. The molecule has 10 heteroatoms. The number of rotatable bonds is 5. The lowest BCUT2D eigenvalue weighted by molar-refractivity contribution is -0.137. The largest absolute Gasteiger partial charge is 0.416 e. The number of alkyl halides is 3. The summed E-state index contributed by atoms with van der Waals surface area (Å²) in [6.07, 6.45) is -0.396. The van der Waals surface area contributed by atoms with Gasteiger partial charge < -0.3 is 10.6 Å². The molecule has 2 aromatic rings. The minimum atomic E-state index is -4.31. The van der Waals surface area contributed by atoms with Crippen LogP contribution in [0.4, 0.5) is 13.2 Å². The Balaban J connectivity index is 0.00000341. The lowest BCUT2D eigenvalue weighted by atomic mass is 9.84. The first-order valence-electron chi connectivity index (χ1n) is 10.0. The van der Waals surface area contributed by atoms with Gasteiger partial charge in [-0.2, -0.15) is 13.2 Å². The zero-order valence-corrected chi connectivity index (χ0v) is 21.0. The molecule has 1 aliphatic rings. The number of halogens is 4. The van der Waals surface area contributed by atoms with Crippen LogP contribution in [0.5, 0.6) is 0 Å². The summed E-state index contributed by atoms with van der Waals surface area (Å²) < 4.78 is 38.7. The summed E-state index contributed by atoms with van der Waals surface area (Å²) in [5.41, 5.74) is 0.305. The number of thiazole rings is 1. The van der Waals surface area contributed by atoms with Crippen molar-refractivity contribution in [2.24, 2.45) is 10.9 Å². The van der Waals surface area contributed by atoms with E-state index >= 15 is 0 Å². The maximum absolute atomic E-state index is 12.9. The van der Waals surface area contributed by atoms with Crippen molar-refractivity contribution in [3.63, 3.8) is 0 Å². The molecule has 2 unspecified atom stereocenters. The van der Waals surface area contributed by atoms with Crippen LogP contribution in [0.3, 0.4) is 0 Å². The Bertz CT molecular complexity index is 853. The second-order valence-electron chi connectivity index (χ2n) is 7.62. The van der Waals surface area contributed by atoms with E-state index in [2.05, 4.69) is 25.5 Å². The molecule has 2 atom stereocenters. The predicted octanol–water partition coefficient (Wildman–Crippen LogP) is 4.84. The smallest absolute Gasteiger partial charge is 0.356 e.